The highest BCUT2D eigenvalue weighted by molar-refractivity contribution is 7.93. The highest BCUT2D eigenvalue weighted by Crippen LogP contribution is 2.39. The Labute approximate surface area is 216 Å². The predicted molar refractivity (Wildman–Crippen MR) is 126 cm³/mol. The Balaban J connectivity index is 1.80. The first-order chi connectivity index (χ1) is 17.7. The van der Waals surface area contributed by atoms with Crippen LogP contribution in [0.1, 0.15) is 24.8 Å². The number of nitrogens with zero attached hydrogens (tertiary/aromatic N) is 2. The van der Waals surface area contributed by atoms with Crippen LogP contribution < -0.4 is 5.32 Å². The van der Waals surface area contributed by atoms with Crippen LogP contribution in [0.25, 0.3) is 11.3 Å². The van der Waals surface area contributed by atoms with Gasteiger partial charge in [-0.05, 0) is 56.1 Å². The van der Waals surface area contributed by atoms with E-state index in [1.807, 2.05) is 0 Å². The number of methoxy groups -OCH3 is 1. The maximum Gasteiger partial charge on any atom is 0.453 e. The van der Waals surface area contributed by atoms with Crippen LogP contribution in [0.4, 0.5) is 22.0 Å². The molecule has 0 radical (unpaired) electrons. The van der Waals surface area contributed by atoms with Gasteiger partial charge >= 0.3 is 12.1 Å². The third-order valence-electron chi connectivity index (χ3n) is 6.48. The third-order valence-corrected chi connectivity index (χ3v) is 8.99. The van der Waals surface area contributed by atoms with Crippen LogP contribution in [0.5, 0.6) is 0 Å². The number of pyridine rings is 1. The van der Waals surface area contributed by atoms with Gasteiger partial charge < -0.3 is 10.1 Å². The van der Waals surface area contributed by atoms with Crippen molar-refractivity contribution in [2.24, 2.45) is 0 Å². The summed E-state index contributed by atoms with van der Waals surface area (Å²) in [6.07, 6.45) is -6.47. The minimum atomic E-state index is -5.63. The average Bonchev–Trinajstić information content (AvgIpc) is 2.90. The molecule has 1 amide bonds. The van der Waals surface area contributed by atoms with Crippen LogP contribution in [0.3, 0.4) is 0 Å². The summed E-state index contributed by atoms with van der Waals surface area (Å²) in [4.78, 5) is 17.1. The van der Waals surface area contributed by atoms with E-state index < -0.39 is 45.4 Å². The number of carbonyl (C=O) groups excluding carboxylic acids is 1. The Morgan fingerprint density at radius 1 is 1.11 bits per heavy atom. The van der Waals surface area contributed by atoms with Gasteiger partial charge in [0, 0.05) is 25.3 Å². The first kappa shape index (κ1) is 29.9. The minimum absolute atomic E-state index is 0.0157. The number of sulfone groups is 1. The van der Waals surface area contributed by atoms with Gasteiger partial charge in [-0.1, -0.05) is 18.2 Å². The summed E-state index contributed by atoms with van der Waals surface area (Å²) in [5.74, 6) is -5.75. The molecule has 1 aliphatic rings. The highest BCUT2D eigenvalue weighted by Gasteiger charge is 2.56. The summed E-state index contributed by atoms with van der Waals surface area (Å²) in [7, 11) is -2.87. The summed E-state index contributed by atoms with van der Waals surface area (Å²) in [6.45, 7) is 0.328. The molecule has 38 heavy (non-hydrogen) atoms. The fraction of sp³-hybridized carbons (Fsp3) is 0.500. The van der Waals surface area contributed by atoms with E-state index in [4.69, 9.17) is 4.74 Å². The lowest BCUT2D eigenvalue weighted by atomic mass is 9.95. The largest absolute Gasteiger partial charge is 0.453 e. The van der Waals surface area contributed by atoms with E-state index in [2.05, 4.69) is 10.3 Å². The van der Waals surface area contributed by atoms with Crippen LogP contribution in [0.15, 0.2) is 47.5 Å². The van der Waals surface area contributed by atoms with Crippen molar-refractivity contribution in [2.45, 2.75) is 47.4 Å². The van der Waals surface area contributed by atoms with Crippen LogP contribution >= 0.6 is 0 Å². The number of rotatable bonds is 10. The van der Waals surface area contributed by atoms with Crippen LogP contribution in [0, 0.1) is 0 Å². The fourth-order valence-electron chi connectivity index (χ4n) is 4.16. The normalized spacial score (nSPS) is 16.3. The summed E-state index contributed by atoms with van der Waals surface area (Å²) in [5.41, 5.74) is 0.991. The van der Waals surface area contributed by atoms with Gasteiger partial charge in [-0.3, -0.25) is 15.0 Å². The maximum absolute atomic E-state index is 13.7. The van der Waals surface area contributed by atoms with Gasteiger partial charge in [-0.15, -0.1) is 0 Å². The number of nitrogens with one attached hydrogen (secondary N) is 1. The molecule has 2 aromatic rings. The van der Waals surface area contributed by atoms with Gasteiger partial charge in [0.15, 0.2) is 14.6 Å². The second-order valence-corrected chi connectivity index (χ2v) is 11.2. The van der Waals surface area contributed by atoms with E-state index in [0.717, 1.165) is 0 Å². The van der Waals surface area contributed by atoms with Crippen molar-refractivity contribution in [3.63, 3.8) is 0 Å². The number of amides is 1. The Hall–Kier alpha value is -2.68. The lowest BCUT2D eigenvalue weighted by Gasteiger charge is -2.37. The van der Waals surface area contributed by atoms with E-state index in [1.165, 1.54) is 49.7 Å². The Morgan fingerprint density at radius 3 is 2.26 bits per heavy atom. The molecule has 1 aliphatic heterocycles. The van der Waals surface area contributed by atoms with Gasteiger partial charge in [-0.25, -0.2) is 13.5 Å². The molecule has 8 nitrogen and oxygen atoms in total. The van der Waals surface area contributed by atoms with Crippen molar-refractivity contribution < 1.29 is 45.1 Å². The van der Waals surface area contributed by atoms with Crippen molar-refractivity contribution in [2.75, 3.05) is 33.4 Å². The first-order valence-electron chi connectivity index (χ1n) is 11.7. The lowest BCUT2D eigenvalue weighted by molar-refractivity contribution is -0.284. The molecule has 210 valence electrons. The first-order valence-corrected chi connectivity index (χ1v) is 13.2. The van der Waals surface area contributed by atoms with E-state index in [0.29, 0.717) is 16.3 Å². The molecule has 2 N–H and O–H groups in total. The summed E-state index contributed by atoms with van der Waals surface area (Å²) in [6, 6.07) is 8.32. The van der Waals surface area contributed by atoms with Gasteiger partial charge in [0.1, 0.15) is 0 Å². The molecule has 1 aromatic heterocycles. The molecule has 3 rings (SSSR count). The standard InChI is InChI=1S/C24H28F5N3O5S/c1-37-15-14-32(34)21(33)22(10-12-30-13-11-22)38(35,36)19-5-3-18(4-6-19)20-7-2-17(16-31-20)8-9-23(25,26)24(27,28)29/h2-7,16,30,34H,8-15H2,1H3. The van der Waals surface area contributed by atoms with Gasteiger partial charge in [0.05, 0.1) is 23.7 Å². The van der Waals surface area contributed by atoms with Gasteiger partial charge in [0.2, 0.25) is 0 Å². The second-order valence-electron chi connectivity index (χ2n) is 8.95. The Bertz CT molecular complexity index is 1200. The zero-order valence-corrected chi connectivity index (χ0v) is 21.3. The van der Waals surface area contributed by atoms with Crippen molar-refractivity contribution in [1.29, 1.82) is 0 Å². The molecule has 0 aliphatic carbocycles. The summed E-state index contributed by atoms with van der Waals surface area (Å²) >= 11 is 0. The van der Waals surface area contributed by atoms with E-state index >= 15 is 0 Å². The molecule has 14 heteroatoms. The fourth-order valence-corrected chi connectivity index (χ4v) is 6.18. The second kappa shape index (κ2) is 11.6. The molecule has 0 spiro atoms. The monoisotopic (exact) mass is 565 g/mol. The SMILES string of the molecule is COCCN(O)C(=O)C1(S(=O)(=O)c2ccc(-c3ccc(CCC(F)(F)C(F)(F)F)cn3)cc2)CCNCC1. The number of ether oxygens (including phenoxy) is 1. The van der Waals surface area contributed by atoms with Gasteiger partial charge in [0.25, 0.3) is 5.91 Å². The van der Waals surface area contributed by atoms with Crippen molar-refractivity contribution in [3.05, 3.63) is 48.2 Å². The molecule has 2 heterocycles. The average molecular weight is 566 g/mol. The van der Waals surface area contributed by atoms with Crippen molar-refractivity contribution in [3.8, 4) is 11.3 Å². The van der Waals surface area contributed by atoms with E-state index in [1.54, 1.807) is 0 Å². The zero-order valence-electron chi connectivity index (χ0n) is 20.5. The van der Waals surface area contributed by atoms with Crippen molar-refractivity contribution in [1.82, 2.24) is 15.4 Å². The van der Waals surface area contributed by atoms with Crippen molar-refractivity contribution >= 4 is 15.7 Å². The van der Waals surface area contributed by atoms with E-state index in [9.17, 15) is 40.4 Å². The smallest absolute Gasteiger partial charge is 0.383 e. The molecule has 1 aromatic carbocycles. The number of hydrogen-bond acceptors (Lipinski definition) is 7. The molecule has 0 atom stereocenters. The number of carbonyl (C=O) groups is 1. The van der Waals surface area contributed by atoms with Crippen LogP contribution in [-0.2, 0) is 25.8 Å². The van der Waals surface area contributed by atoms with Gasteiger partial charge in [-0.2, -0.15) is 22.0 Å². The quantitative estimate of drug-likeness (QED) is 0.257. The molecule has 1 fully saturated rings. The topological polar surface area (TPSA) is 109 Å². The molecular formula is C24H28F5N3O5S. The van der Waals surface area contributed by atoms with E-state index in [-0.39, 0.29) is 49.5 Å². The third kappa shape index (κ3) is 6.14. The summed E-state index contributed by atoms with van der Waals surface area (Å²) in [5, 5.41) is 13.6. The number of piperidine rings is 1. The zero-order chi connectivity index (χ0) is 28.2. The Morgan fingerprint density at radius 2 is 1.74 bits per heavy atom. The number of alkyl halides is 5. The predicted octanol–water partition coefficient (Wildman–Crippen LogP) is 3.64. The molecule has 0 unspecified atom stereocenters. The van der Waals surface area contributed by atoms with Crippen LogP contribution in [0.2, 0.25) is 0 Å². The maximum atomic E-state index is 13.7. The molecule has 0 saturated carbocycles. The molecule has 1 saturated heterocycles. The Kier molecular flexibility index (Phi) is 9.12. The number of halogens is 5. The van der Waals surface area contributed by atoms with Crippen LogP contribution in [-0.4, -0.2) is 79.8 Å². The number of aryl methyl sites for hydroxylation is 1. The number of benzene rings is 1. The highest BCUT2D eigenvalue weighted by atomic mass is 32.2. The molecular weight excluding hydrogens is 537 g/mol. The number of aromatic nitrogens is 1. The molecule has 0 bridgehead atoms. The minimum Gasteiger partial charge on any atom is -0.383 e. The number of hydroxylamine groups is 2. The lowest BCUT2D eigenvalue weighted by Crippen LogP contribution is -2.58. The number of hydrogen-bond donors (Lipinski definition) is 2. The summed E-state index contributed by atoms with van der Waals surface area (Å²) < 4.78 is 93.7.